The number of alkyl carbamates (subject to hydrolysis) is 1. The molecule has 1 fully saturated rings. The summed E-state index contributed by atoms with van der Waals surface area (Å²) in [5.74, 6) is -7.36. The second-order valence-corrected chi connectivity index (χ2v) is 8.34. The fraction of sp³-hybridized carbons (Fsp3) is 0.273. The van der Waals surface area contributed by atoms with Gasteiger partial charge in [0.25, 0.3) is 0 Å². The minimum absolute atomic E-state index is 0.151. The highest BCUT2D eigenvalue weighted by molar-refractivity contribution is 14.1. The summed E-state index contributed by atoms with van der Waals surface area (Å²) >= 11 is 1.40. The maximum absolute atomic E-state index is 12.1. The second kappa shape index (κ2) is 13.3. The minimum atomic E-state index is -5.36. The van der Waals surface area contributed by atoms with Crippen molar-refractivity contribution >= 4 is 46.5 Å². The quantitative estimate of drug-likeness (QED) is 0.215. The second-order valence-electron chi connectivity index (χ2n) is 7.18. The van der Waals surface area contributed by atoms with Crippen molar-refractivity contribution in [2.45, 2.75) is 31.4 Å². The summed E-state index contributed by atoms with van der Waals surface area (Å²) in [6.07, 6.45) is -10.7. The van der Waals surface area contributed by atoms with Gasteiger partial charge in [-0.2, -0.15) is 26.3 Å². The Hall–Kier alpha value is -3.57. The van der Waals surface area contributed by atoms with Crippen LogP contribution in [0.3, 0.4) is 0 Å². The van der Waals surface area contributed by atoms with Crippen molar-refractivity contribution in [3.63, 3.8) is 0 Å². The van der Waals surface area contributed by atoms with Crippen molar-refractivity contribution in [1.29, 1.82) is 0 Å². The van der Waals surface area contributed by atoms with E-state index in [4.69, 9.17) is 4.74 Å². The topological polar surface area (TPSA) is 120 Å². The van der Waals surface area contributed by atoms with Crippen molar-refractivity contribution in [3.8, 4) is 11.5 Å². The van der Waals surface area contributed by atoms with E-state index in [9.17, 15) is 45.5 Å². The summed E-state index contributed by atoms with van der Waals surface area (Å²) < 4.78 is 85.1. The lowest BCUT2D eigenvalue weighted by atomic mass is 10.2. The van der Waals surface area contributed by atoms with Crippen molar-refractivity contribution in [2.75, 3.05) is 6.54 Å². The van der Waals surface area contributed by atoms with Gasteiger partial charge < -0.3 is 24.8 Å². The maximum Gasteiger partial charge on any atom is 0.491 e. The zero-order chi connectivity index (χ0) is 28.5. The van der Waals surface area contributed by atoms with Crippen LogP contribution in [0.15, 0.2) is 48.5 Å². The van der Waals surface area contributed by atoms with Crippen LogP contribution < -0.4 is 20.1 Å². The molecule has 16 heteroatoms. The average Bonchev–Trinajstić information content (AvgIpc) is 3.23. The summed E-state index contributed by atoms with van der Waals surface area (Å²) in [6.45, 7) is 0.809. The van der Waals surface area contributed by atoms with E-state index >= 15 is 0 Å². The van der Waals surface area contributed by atoms with Crippen LogP contribution >= 0.6 is 22.6 Å². The fourth-order valence-electron chi connectivity index (χ4n) is 2.62. The predicted octanol–water partition coefficient (Wildman–Crippen LogP) is 4.03. The van der Waals surface area contributed by atoms with Crippen LogP contribution in [0.4, 0.5) is 31.1 Å². The molecule has 0 radical (unpaired) electrons. The maximum atomic E-state index is 12.1. The smallest absolute Gasteiger partial charge is 0.445 e. The number of carbonyl (C=O) groups excluding carboxylic acids is 4. The molecule has 0 saturated carbocycles. The Morgan fingerprint density at radius 3 is 2.08 bits per heavy atom. The molecule has 38 heavy (non-hydrogen) atoms. The largest absolute Gasteiger partial charge is 0.491 e. The highest BCUT2D eigenvalue weighted by atomic mass is 127. The van der Waals surface area contributed by atoms with E-state index in [0.29, 0.717) is 13.0 Å². The van der Waals surface area contributed by atoms with Gasteiger partial charge >= 0.3 is 30.4 Å². The molecule has 0 aliphatic carbocycles. The molecule has 1 heterocycles. The van der Waals surface area contributed by atoms with Crippen LogP contribution in [-0.2, 0) is 25.7 Å². The number of nitrogens with one attached hydrogen (secondary N) is 2. The van der Waals surface area contributed by atoms with Gasteiger partial charge in [0, 0.05) is 6.54 Å². The zero-order valence-corrected chi connectivity index (χ0v) is 21.0. The number of esters is 2. The molecule has 2 amide bonds. The number of benzene rings is 2. The van der Waals surface area contributed by atoms with Crippen molar-refractivity contribution < 1.29 is 59.7 Å². The molecule has 2 N–H and O–H groups in total. The number of rotatable bonds is 5. The van der Waals surface area contributed by atoms with Crippen LogP contribution in [0.2, 0.25) is 0 Å². The Labute approximate surface area is 223 Å². The van der Waals surface area contributed by atoms with Gasteiger partial charge in [0.05, 0.1) is 3.57 Å². The van der Waals surface area contributed by atoms with Crippen molar-refractivity contribution in [3.05, 3.63) is 57.7 Å². The highest BCUT2D eigenvalue weighted by Crippen LogP contribution is 2.35. The predicted molar refractivity (Wildman–Crippen MR) is 124 cm³/mol. The van der Waals surface area contributed by atoms with Crippen LogP contribution in [0.5, 0.6) is 11.5 Å². The molecule has 2 aromatic rings. The van der Waals surface area contributed by atoms with E-state index in [-0.39, 0.29) is 16.1 Å². The van der Waals surface area contributed by atoms with Gasteiger partial charge in [-0.1, -0.05) is 36.4 Å². The van der Waals surface area contributed by atoms with E-state index < -0.39 is 47.9 Å². The molecule has 1 saturated heterocycles. The minimum Gasteiger partial charge on any atom is -0.445 e. The first-order chi connectivity index (χ1) is 17.7. The normalized spacial score (nSPS) is 14.9. The van der Waals surface area contributed by atoms with E-state index in [0.717, 1.165) is 23.8 Å². The first kappa shape index (κ1) is 30.7. The average molecular weight is 662 g/mol. The van der Waals surface area contributed by atoms with Gasteiger partial charge in [0.2, 0.25) is 5.91 Å². The van der Waals surface area contributed by atoms with E-state index in [1.54, 1.807) is 0 Å². The number of para-hydroxylation sites is 1. The summed E-state index contributed by atoms with van der Waals surface area (Å²) in [6, 6.07) is 11.9. The molecule has 9 nitrogen and oxygen atoms in total. The summed E-state index contributed by atoms with van der Waals surface area (Å²) in [5.41, 5.74) is 0.915. The number of ether oxygens (including phenoxy) is 3. The van der Waals surface area contributed by atoms with Crippen molar-refractivity contribution in [2.24, 2.45) is 0 Å². The number of alkyl halides is 6. The standard InChI is InChI=1S/C12H14N2O3.C10H3F6IO4/c15-11-10(6-7-13-11)14-12(16)17-8-9-4-2-1-3-5-9;11-9(12,13)7(18)20-5-3-1-2-4(17)6(5)21-8(19)10(14,15)16/h1-5,10H,6-8H2,(H,13,15)(H,14,16);1-3H/t10-;/m0./s1. The van der Waals surface area contributed by atoms with Crippen LogP contribution in [0, 0.1) is 3.57 Å². The van der Waals surface area contributed by atoms with Crippen molar-refractivity contribution in [1.82, 2.24) is 10.6 Å². The molecular weight excluding hydrogens is 645 g/mol. The zero-order valence-electron chi connectivity index (χ0n) is 18.8. The Kier molecular flexibility index (Phi) is 10.7. The number of halogens is 7. The monoisotopic (exact) mass is 662 g/mol. The molecule has 0 aromatic heterocycles. The fourth-order valence-corrected chi connectivity index (χ4v) is 3.20. The molecule has 1 aliphatic rings. The summed E-state index contributed by atoms with van der Waals surface area (Å²) in [5, 5.41) is 5.17. The molecule has 1 aliphatic heterocycles. The molecule has 2 aromatic carbocycles. The molecule has 206 valence electrons. The summed E-state index contributed by atoms with van der Waals surface area (Å²) in [7, 11) is 0. The van der Waals surface area contributed by atoms with E-state index in [2.05, 4.69) is 20.1 Å². The third-order valence-corrected chi connectivity index (χ3v) is 5.19. The lowest BCUT2D eigenvalue weighted by Crippen LogP contribution is -2.40. The van der Waals surface area contributed by atoms with E-state index in [1.807, 2.05) is 30.3 Å². The van der Waals surface area contributed by atoms with Gasteiger partial charge in [-0.05, 0) is 46.7 Å². The molecule has 0 bridgehead atoms. The first-order valence-corrected chi connectivity index (χ1v) is 11.4. The van der Waals surface area contributed by atoms with Crippen LogP contribution in [-0.4, -0.2) is 48.9 Å². The number of hydrogen-bond donors (Lipinski definition) is 2. The van der Waals surface area contributed by atoms with Gasteiger partial charge in [0.1, 0.15) is 12.6 Å². The Bertz CT molecular complexity index is 1160. The Morgan fingerprint density at radius 2 is 1.53 bits per heavy atom. The highest BCUT2D eigenvalue weighted by Gasteiger charge is 2.44. The molecule has 0 spiro atoms. The molecule has 3 rings (SSSR count). The van der Waals surface area contributed by atoms with Crippen LogP contribution in [0.25, 0.3) is 0 Å². The first-order valence-electron chi connectivity index (χ1n) is 10.3. The van der Waals surface area contributed by atoms with Gasteiger partial charge in [-0.25, -0.2) is 14.4 Å². The lowest BCUT2D eigenvalue weighted by Gasteiger charge is -2.13. The molecular formula is C22H17F6IN2O7. The third-order valence-electron chi connectivity index (χ3n) is 4.34. The number of hydrogen-bond acceptors (Lipinski definition) is 7. The summed E-state index contributed by atoms with van der Waals surface area (Å²) in [4.78, 5) is 44.0. The van der Waals surface area contributed by atoms with Gasteiger partial charge in [0.15, 0.2) is 11.5 Å². The Balaban J connectivity index is 0.000000272. The van der Waals surface area contributed by atoms with Gasteiger partial charge in [-0.3, -0.25) is 4.79 Å². The SMILES string of the molecule is O=C(N[C@H]1CCNC1=O)OCc1ccccc1.O=C(Oc1cccc(I)c1OC(=O)C(F)(F)F)C(F)(F)F. The third kappa shape index (κ3) is 9.71. The van der Waals surface area contributed by atoms with E-state index in [1.165, 1.54) is 22.6 Å². The lowest BCUT2D eigenvalue weighted by molar-refractivity contribution is -0.191. The molecule has 1 atom stereocenters. The van der Waals surface area contributed by atoms with Gasteiger partial charge in [-0.15, -0.1) is 0 Å². The number of carbonyl (C=O) groups is 4. The Morgan fingerprint density at radius 1 is 0.921 bits per heavy atom. The van der Waals surface area contributed by atoms with Crippen LogP contribution in [0.1, 0.15) is 12.0 Å². The molecule has 0 unspecified atom stereocenters. The number of amides is 2.